The van der Waals surface area contributed by atoms with Crippen LogP contribution in [0.25, 0.3) is 17.0 Å². The van der Waals surface area contributed by atoms with E-state index in [-0.39, 0.29) is 10.7 Å². The number of hydrogen-bond donors (Lipinski definition) is 0. The Morgan fingerprint density at radius 1 is 1.03 bits per heavy atom. The molecule has 0 amide bonds. The third kappa shape index (κ3) is 5.28. The third-order valence-electron chi connectivity index (χ3n) is 4.68. The van der Waals surface area contributed by atoms with Gasteiger partial charge in [0, 0.05) is 24.6 Å². The van der Waals surface area contributed by atoms with E-state index in [0.29, 0.717) is 24.2 Å². The molecule has 0 aliphatic heterocycles. The van der Waals surface area contributed by atoms with Gasteiger partial charge in [0.05, 0.1) is 4.90 Å². The number of ether oxygens (including phenoxy) is 1. The molecule has 0 atom stereocenters. The number of Topliss-reactive ketones (excluding diaryl/α,β-unsaturated/α-hetero) is 1. The summed E-state index contributed by atoms with van der Waals surface area (Å²) in [4.78, 5) is 24.3. The lowest BCUT2D eigenvalue weighted by Crippen LogP contribution is -2.30. The largest absolute Gasteiger partial charge is 0.454 e. The van der Waals surface area contributed by atoms with Gasteiger partial charge in [0.2, 0.25) is 15.8 Å². The minimum absolute atomic E-state index is 0.128. The summed E-state index contributed by atoms with van der Waals surface area (Å²) < 4.78 is 36.8. The fraction of sp³-hybridized carbons (Fsp3) is 0.217. The Balaban J connectivity index is 1.57. The molecule has 0 spiro atoms. The van der Waals surface area contributed by atoms with Crippen LogP contribution in [0.2, 0.25) is 0 Å². The second-order valence-electron chi connectivity index (χ2n) is 6.67. The standard InChI is InChI=1S/C23H23NO6S/c1-3-24(4-2)31(27,28)19-12-9-17(10-13-19)11-14-23(26)29-16-20(25)22-15-18-7-5-6-8-21(18)30-22/h5-15H,3-4,16H2,1-2H3/b14-11+. The van der Waals surface area contributed by atoms with Crippen molar-refractivity contribution >= 4 is 38.8 Å². The zero-order chi connectivity index (χ0) is 22.4. The summed E-state index contributed by atoms with van der Waals surface area (Å²) in [5.74, 6) is -1.00. The molecule has 0 saturated carbocycles. The van der Waals surface area contributed by atoms with Crippen LogP contribution in [-0.2, 0) is 19.6 Å². The number of rotatable bonds is 9. The first kappa shape index (κ1) is 22.5. The summed E-state index contributed by atoms with van der Waals surface area (Å²) in [5.41, 5.74) is 1.21. The van der Waals surface area contributed by atoms with Crippen LogP contribution in [-0.4, -0.2) is 44.2 Å². The minimum atomic E-state index is -3.53. The summed E-state index contributed by atoms with van der Waals surface area (Å²) in [6.07, 6.45) is 2.67. The van der Waals surface area contributed by atoms with Gasteiger partial charge in [0.1, 0.15) is 5.58 Å². The average molecular weight is 442 g/mol. The summed E-state index contributed by atoms with van der Waals surface area (Å²) in [6, 6.07) is 15.0. The predicted octanol–water partition coefficient (Wildman–Crippen LogP) is 3.90. The fourth-order valence-electron chi connectivity index (χ4n) is 3.00. The van der Waals surface area contributed by atoms with Crippen LogP contribution in [0.3, 0.4) is 0 Å². The highest BCUT2D eigenvalue weighted by Crippen LogP contribution is 2.19. The highest BCUT2D eigenvalue weighted by atomic mass is 32.2. The molecule has 0 bridgehead atoms. The fourth-order valence-corrected chi connectivity index (χ4v) is 4.46. The summed E-state index contributed by atoms with van der Waals surface area (Å²) in [7, 11) is -3.53. The van der Waals surface area contributed by atoms with Gasteiger partial charge in [-0.25, -0.2) is 13.2 Å². The molecule has 3 rings (SSSR count). The van der Waals surface area contributed by atoms with Crippen LogP contribution in [0.5, 0.6) is 0 Å². The van der Waals surface area contributed by atoms with Crippen molar-refractivity contribution in [3.63, 3.8) is 0 Å². The molecule has 3 aromatic rings. The van der Waals surface area contributed by atoms with Crippen LogP contribution < -0.4 is 0 Å². The van der Waals surface area contributed by atoms with E-state index in [4.69, 9.17) is 9.15 Å². The zero-order valence-corrected chi connectivity index (χ0v) is 18.1. The lowest BCUT2D eigenvalue weighted by molar-refractivity contribution is -0.136. The van der Waals surface area contributed by atoms with Gasteiger partial charge in [-0.1, -0.05) is 44.2 Å². The van der Waals surface area contributed by atoms with Crippen molar-refractivity contribution in [2.45, 2.75) is 18.7 Å². The molecule has 0 fully saturated rings. The van der Waals surface area contributed by atoms with Crippen molar-refractivity contribution in [3.8, 4) is 0 Å². The van der Waals surface area contributed by atoms with E-state index >= 15 is 0 Å². The lowest BCUT2D eigenvalue weighted by Gasteiger charge is -2.18. The van der Waals surface area contributed by atoms with E-state index in [1.165, 1.54) is 28.6 Å². The molecule has 0 unspecified atom stereocenters. The predicted molar refractivity (Wildman–Crippen MR) is 117 cm³/mol. The Labute approximate surface area is 181 Å². The molecule has 2 aromatic carbocycles. The van der Waals surface area contributed by atoms with E-state index in [0.717, 1.165) is 5.39 Å². The van der Waals surface area contributed by atoms with Gasteiger partial charge in [0.15, 0.2) is 12.4 Å². The van der Waals surface area contributed by atoms with Gasteiger partial charge >= 0.3 is 5.97 Å². The van der Waals surface area contributed by atoms with Crippen molar-refractivity contribution in [1.29, 1.82) is 0 Å². The Morgan fingerprint density at radius 3 is 2.35 bits per heavy atom. The monoisotopic (exact) mass is 441 g/mol. The molecule has 0 N–H and O–H groups in total. The maximum atomic E-state index is 12.5. The number of nitrogens with zero attached hydrogens (tertiary/aromatic N) is 1. The van der Waals surface area contributed by atoms with Gasteiger partial charge in [-0.3, -0.25) is 4.79 Å². The molecule has 31 heavy (non-hydrogen) atoms. The molecular weight excluding hydrogens is 418 g/mol. The van der Waals surface area contributed by atoms with Gasteiger partial charge < -0.3 is 9.15 Å². The maximum Gasteiger partial charge on any atom is 0.331 e. The van der Waals surface area contributed by atoms with Crippen LogP contribution >= 0.6 is 0 Å². The smallest absolute Gasteiger partial charge is 0.331 e. The average Bonchev–Trinajstić information content (AvgIpc) is 3.21. The Kier molecular flexibility index (Phi) is 7.04. The van der Waals surface area contributed by atoms with Crippen LogP contribution in [0.4, 0.5) is 0 Å². The van der Waals surface area contributed by atoms with Crippen LogP contribution in [0.1, 0.15) is 30.0 Å². The summed E-state index contributed by atoms with van der Waals surface area (Å²) in [6.45, 7) is 3.90. The Hall–Kier alpha value is -3.23. The SMILES string of the molecule is CCN(CC)S(=O)(=O)c1ccc(/C=C/C(=O)OCC(=O)c2cc3ccccc3o2)cc1. The van der Waals surface area contributed by atoms with Gasteiger partial charge in [-0.2, -0.15) is 4.31 Å². The van der Waals surface area contributed by atoms with Crippen molar-refractivity contribution in [1.82, 2.24) is 4.31 Å². The first-order chi connectivity index (χ1) is 14.8. The van der Waals surface area contributed by atoms with E-state index in [2.05, 4.69) is 0 Å². The molecule has 0 radical (unpaired) electrons. The van der Waals surface area contributed by atoms with Crippen LogP contribution in [0, 0.1) is 0 Å². The van der Waals surface area contributed by atoms with Crippen molar-refractivity contribution < 1.29 is 27.2 Å². The quantitative estimate of drug-likeness (QED) is 0.284. The molecule has 1 heterocycles. The second kappa shape index (κ2) is 9.72. The number of carbonyl (C=O) groups is 2. The number of carbonyl (C=O) groups excluding carboxylic acids is 2. The zero-order valence-electron chi connectivity index (χ0n) is 17.3. The Bertz CT molecular complexity index is 1170. The number of para-hydroxylation sites is 1. The number of esters is 1. The van der Waals surface area contributed by atoms with Gasteiger partial charge in [-0.05, 0) is 35.9 Å². The molecule has 0 aliphatic carbocycles. The number of furan rings is 1. The topological polar surface area (TPSA) is 93.9 Å². The molecule has 7 nitrogen and oxygen atoms in total. The second-order valence-corrected chi connectivity index (χ2v) is 8.61. The Morgan fingerprint density at radius 2 is 1.71 bits per heavy atom. The lowest BCUT2D eigenvalue weighted by atomic mass is 10.2. The first-order valence-electron chi connectivity index (χ1n) is 9.82. The number of sulfonamides is 1. The molecule has 0 saturated heterocycles. The number of benzene rings is 2. The first-order valence-corrected chi connectivity index (χ1v) is 11.3. The van der Waals surface area contributed by atoms with Crippen molar-refractivity contribution in [2.24, 2.45) is 0 Å². The third-order valence-corrected chi connectivity index (χ3v) is 6.75. The van der Waals surface area contributed by atoms with E-state index in [1.54, 1.807) is 44.2 Å². The van der Waals surface area contributed by atoms with Crippen molar-refractivity contribution in [3.05, 3.63) is 72.0 Å². The van der Waals surface area contributed by atoms with E-state index < -0.39 is 28.4 Å². The van der Waals surface area contributed by atoms with Gasteiger partial charge in [-0.15, -0.1) is 0 Å². The highest BCUT2D eigenvalue weighted by molar-refractivity contribution is 7.89. The molecule has 162 valence electrons. The van der Waals surface area contributed by atoms with E-state index in [9.17, 15) is 18.0 Å². The summed E-state index contributed by atoms with van der Waals surface area (Å²) in [5, 5.41) is 0.795. The van der Waals surface area contributed by atoms with Gasteiger partial charge in [0.25, 0.3) is 0 Å². The molecular formula is C23H23NO6S. The van der Waals surface area contributed by atoms with Crippen molar-refractivity contribution in [2.75, 3.05) is 19.7 Å². The maximum absolute atomic E-state index is 12.5. The highest BCUT2D eigenvalue weighted by Gasteiger charge is 2.21. The normalized spacial score (nSPS) is 12.0. The number of ketones is 1. The number of hydrogen-bond acceptors (Lipinski definition) is 6. The van der Waals surface area contributed by atoms with E-state index in [1.807, 2.05) is 12.1 Å². The summed E-state index contributed by atoms with van der Waals surface area (Å²) >= 11 is 0. The minimum Gasteiger partial charge on any atom is -0.454 e. The molecule has 8 heteroatoms. The van der Waals surface area contributed by atoms with Crippen LogP contribution in [0.15, 0.2) is 70.0 Å². The molecule has 1 aromatic heterocycles. The molecule has 0 aliphatic rings. The number of fused-ring (bicyclic) bond motifs is 1.